The topological polar surface area (TPSA) is 63.6 Å². The Balaban J connectivity index is 3.47. The van der Waals surface area contributed by atoms with Crippen molar-refractivity contribution >= 4 is 27.9 Å². The van der Waals surface area contributed by atoms with Gasteiger partial charge in [-0.2, -0.15) is 0 Å². The lowest BCUT2D eigenvalue weighted by Crippen LogP contribution is -2.10. The molecule has 0 aliphatic heterocycles. The summed E-state index contributed by atoms with van der Waals surface area (Å²) in [5.41, 5.74) is 1.47. The van der Waals surface area contributed by atoms with Crippen LogP contribution in [0.5, 0.6) is 5.75 Å². The highest BCUT2D eigenvalue weighted by molar-refractivity contribution is 9.10. The molecular formula is C11H11BrO4. The molecule has 4 nitrogen and oxygen atoms in total. The number of carboxylic acid groups (broad SMARTS) is 1. The van der Waals surface area contributed by atoms with E-state index in [1.807, 2.05) is 6.92 Å². The van der Waals surface area contributed by atoms with E-state index in [-0.39, 0.29) is 11.3 Å². The molecule has 0 unspecified atom stereocenters. The van der Waals surface area contributed by atoms with Gasteiger partial charge in [-0.1, -0.05) is 15.9 Å². The molecule has 1 aromatic rings. The van der Waals surface area contributed by atoms with Crippen LogP contribution in [0.2, 0.25) is 0 Å². The van der Waals surface area contributed by atoms with Gasteiger partial charge in [0.25, 0.3) is 0 Å². The first kappa shape index (κ1) is 12.7. The van der Waals surface area contributed by atoms with Gasteiger partial charge in [-0.05, 0) is 31.0 Å². The van der Waals surface area contributed by atoms with E-state index in [0.29, 0.717) is 10.0 Å². The molecule has 5 heteroatoms. The fourth-order valence-corrected chi connectivity index (χ4v) is 1.81. The number of hydrogen-bond donors (Lipinski definition) is 1. The van der Waals surface area contributed by atoms with Crippen LogP contribution in [-0.2, 0) is 4.79 Å². The van der Waals surface area contributed by atoms with Gasteiger partial charge < -0.3 is 9.84 Å². The average Bonchev–Trinajstić information content (AvgIpc) is 2.17. The quantitative estimate of drug-likeness (QED) is 0.671. The lowest BCUT2D eigenvalue weighted by molar-refractivity contribution is -0.131. The Labute approximate surface area is 101 Å². The zero-order valence-electron chi connectivity index (χ0n) is 9.13. The number of rotatable bonds is 2. The fraction of sp³-hybridized carbons (Fsp3) is 0.273. The molecule has 1 rings (SSSR count). The Bertz CT molecular complexity index is 466. The summed E-state index contributed by atoms with van der Waals surface area (Å²) in [5, 5.41) is 9.01. The Morgan fingerprint density at radius 1 is 1.31 bits per heavy atom. The van der Waals surface area contributed by atoms with E-state index in [0.717, 1.165) is 5.56 Å². The van der Waals surface area contributed by atoms with Gasteiger partial charge in [0.1, 0.15) is 11.3 Å². The summed E-state index contributed by atoms with van der Waals surface area (Å²) in [6.07, 6.45) is 0. The van der Waals surface area contributed by atoms with Crippen molar-refractivity contribution in [2.75, 3.05) is 0 Å². The number of aromatic carboxylic acids is 1. The molecule has 0 atom stereocenters. The molecule has 0 aliphatic rings. The lowest BCUT2D eigenvalue weighted by Gasteiger charge is -2.12. The molecule has 0 amide bonds. The van der Waals surface area contributed by atoms with Gasteiger partial charge >= 0.3 is 11.9 Å². The normalized spacial score (nSPS) is 10.0. The SMILES string of the molecule is CC(=O)Oc1c(C(=O)O)cc(Br)c(C)c1C. The largest absolute Gasteiger partial charge is 0.478 e. The third-order valence-electron chi connectivity index (χ3n) is 2.25. The minimum Gasteiger partial charge on any atom is -0.478 e. The highest BCUT2D eigenvalue weighted by Gasteiger charge is 2.19. The molecule has 0 bridgehead atoms. The van der Waals surface area contributed by atoms with Crippen LogP contribution >= 0.6 is 15.9 Å². The number of carbonyl (C=O) groups is 2. The molecule has 0 radical (unpaired) electrons. The van der Waals surface area contributed by atoms with Gasteiger partial charge in [0.2, 0.25) is 0 Å². The van der Waals surface area contributed by atoms with Gasteiger partial charge in [0, 0.05) is 11.4 Å². The zero-order valence-corrected chi connectivity index (χ0v) is 10.7. The fourth-order valence-electron chi connectivity index (χ4n) is 1.29. The smallest absolute Gasteiger partial charge is 0.339 e. The van der Waals surface area contributed by atoms with Crippen LogP contribution in [0.1, 0.15) is 28.4 Å². The van der Waals surface area contributed by atoms with Crippen LogP contribution in [0, 0.1) is 13.8 Å². The number of halogens is 1. The Morgan fingerprint density at radius 3 is 2.31 bits per heavy atom. The molecule has 0 saturated heterocycles. The Hall–Kier alpha value is -1.36. The minimum atomic E-state index is -1.12. The van der Waals surface area contributed by atoms with Crippen LogP contribution in [0.25, 0.3) is 0 Å². The summed E-state index contributed by atoms with van der Waals surface area (Å²) < 4.78 is 5.61. The molecule has 0 saturated carbocycles. The predicted octanol–water partition coefficient (Wildman–Crippen LogP) is 2.69. The van der Waals surface area contributed by atoms with Crippen molar-refractivity contribution < 1.29 is 19.4 Å². The molecular weight excluding hydrogens is 276 g/mol. The van der Waals surface area contributed by atoms with Crippen molar-refractivity contribution in [1.82, 2.24) is 0 Å². The van der Waals surface area contributed by atoms with E-state index >= 15 is 0 Å². The first-order valence-corrected chi connectivity index (χ1v) is 5.35. The van der Waals surface area contributed by atoms with Crippen LogP contribution in [0.3, 0.4) is 0 Å². The Morgan fingerprint density at radius 2 is 1.88 bits per heavy atom. The van der Waals surface area contributed by atoms with Crippen molar-refractivity contribution in [1.29, 1.82) is 0 Å². The van der Waals surface area contributed by atoms with E-state index in [1.54, 1.807) is 6.92 Å². The number of carbonyl (C=O) groups excluding carboxylic acids is 1. The van der Waals surface area contributed by atoms with E-state index in [1.165, 1.54) is 13.0 Å². The lowest BCUT2D eigenvalue weighted by atomic mass is 10.0. The summed E-state index contributed by atoms with van der Waals surface area (Å²) >= 11 is 3.26. The number of benzene rings is 1. The standard InChI is InChI=1S/C11H11BrO4/c1-5-6(2)10(16-7(3)13)8(11(14)15)4-9(5)12/h4H,1-3H3,(H,14,15). The molecule has 0 aromatic heterocycles. The molecule has 86 valence electrons. The number of carboxylic acids is 1. The molecule has 16 heavy (non-hydrogen) atoms. The highest BCUT2D eigenvalue weighted by Crippen LogP contribution is 2.32. The van der Waals surface area contributed by atoms with Gasteiger partial charge in [-0.15, -0.1) is 0 Å². The van der Waals surface area contributed by atoms with Crippen molar-refractivity contribution in [2.24, 2.45) is 0 Å². The first-order chi connectivity index (χ1) is 7.34. The molecule has 1 aromatic carbocycles. The van der Waals surface area contributed by atoms with Crippen LogP contribution < -0.4 is 4.74 Å². The number of esters is 1. The van der Waals surface area contributed by atoms with E-state index < -0.39 is 11.9 Å². The van der Waals surface area contributed by atoms with Gasteiger partial charge in [0.15, 0.2) is 0 Å². The van der Waals surface area contributed by atoms with Crippen molar-refractivity contribution in [2.45, 2.75) is 20.8 Å². The monoisotopic (exact) mass is 286 g/mol. The maximum Gasteiger partial charge on any atom is 0.339 e. The summed E-state index contributed by atoms with van der Waals surface area (Å²) in [4.78, 5) is 21.9. The third kappa shape index (κ3) is 2.41. The van der Waals surface area contributed by atoms with Crippen molar-refractivity contribution in [3.8, 4) is 5.75 Å². The minimum absolute atomic E-state index is 0.0230. The Kier molecular flexibility index (Phi) is 3.70. The molecule has 0 fully saturated rings. The van der Waals surface area contributed by atoms with Crippen LogP contribution in [-0.4, -0.2) is 17.0 Å². The van der Waals surface area contributed by atoms with Gasteiger partial charge in [-0.25, -0.2) is 4.79 Å². The van der Waals surface area contributed by atoms with Gasteiger partial charge in [-0.3, -0.25) is 4.79 Å². The first-order valence-electron chi connectivity index (χ1n) is 4.56. The second-order valence-electron chi connectivity index (χ2n) is 3.38. The van der Waals surface area contributed by atoms with Gasteiger partial charge in [0.05, 0.1) is 0 Å². The van der Waals surface area contributed by atoms with Crippen molar-refractivity contribution in [3.63, 3.8) is 0 Å². The maximum atomic E-state index is 11.0. The second kappa shape index (κ2) is 4.65. The number of hydrogen-bond acceptors (Lipinski definition) is 3. The van der Waals surface area contributed by atoms with E-state index in [9.17, 15) is 9.59 Å². The van der Waals surface area contributed by atoms with Crippen LogP contribution in [0.15, 0.2) is 10.5 Å². The predicted molar refractivity (Wildman–Crippen MR) is 61.9 cm³/mol. The maximum absolute atomic E-state index is 11.0. The molecule has 1 N–H and O–H groups in total. The van der Waals surface area contributed by atoms with Crippen molar-refractivity contribution in [3.05, 3.63) is 27.2 Å². The second-order valence-corrected chi connectivity index (χ2v) is 4.24. The van der Waals surface area contributed by atoms with E-state index in [2.05, 4.69) is 15.9 Å². The number of ether oxygens (including phenoxy) is 1. The summed E-state index contributed by atoms with van der Waals surface area (Å²) in [5.74, 6) is -1.55. The summed E-state index contributed by atoms with van der Waals surface area (Å²) in [7, 11) is 0. The molecule has 0 heterocycles. The highest BCUT2D eigenvalue weighted by atomic mass is 79.9. The molecule has 0 spiro atoms. The van der Waals surface area contributed by atoms with E-state index in [4.69, 9.17) is 9.84 Å². The molecule has 0 aliphatic carbocycles. The average molecular weight is 287 g/mol. The third-order valence-corrected chi connectivity index (χ3v) is 3.08. The zero-order chi connectivity index (χ0) is 12.5. The van der Waals surface area contributed by atoms with Crippen LogP contribution in [0.4, 0.5) is 0 Å². The summed E-state index contributed by atoms with van der Waals surface area (Å²) in [6.45, 7) is 4.77. The summed E-state index contributed by atoms with van der Waals surface area (Å²) in [6, 6.07) is 1.43.